The molecule has 0 aromatic carbocycles. The van der Waals surface area contributed by atoms with Crippen molar-refractivity contribution in [3.63, 3.8) is 0 Å². The molecule has 0 aliphatic heterocycles. The molecule has 2 aromatic rings. The van der Waals surface area contributed by atoms with E-state index in [0.717, 1.165) is 28.6 Å². The van der Waals surface area contributed by atoms with Crippen LogP contribution in [0.4, 0.5) is 0 Å². The van der Waals surface area contributed by atoms with Crippen molar-refractivity contribution in [2.24, 2.45) is 0 Å². The van der Waals surface area contributed by atoms with Crippen LogP contribution >= 0.6 is 38.6 Å². The summed E-state index contributed by atoms with van der Waals surface area (Å²) in [7, 11) is 0. The molecule has 0 radical (unpaired) electrons. The number of aryl methyl sites for hydroxylation is 1. The molecule has 2 aromatic heterocycles. The highest BCUT2D eigenvalue weighted by molar-refractivity contribution is 9.10. The molecule has 0 aliphatic rings. The largest absolute Gasteiger partial charge is 0.388 e. The Hall–Kier alpha value is -0.160. The Kier molecular flexibility index (Phi) is 4.58. The van der Waals surface area contributed by atoms with Crippen molar-refractivity contribution in [1.82, 2.24) is 0 Å². The van der Waals surface area contributed by atoms with E-state index in [2.05, 4.69) is 33.4 Å². The Labute approximate surface area is 112 Å². The normalized spacial score (nSPS) is 12.9. The molecule has 0 fully saturated rings. The molecule has 4 heteroatoms. The number of aliphatic hydroxyl groups is 1. The van der Waals surface area contributed by atoms with Gasteiger partial charge in [0.15, 0.2) is 0 Å². The van der Waals surface area contributed by atoms with Gasteiger partial charge in [0, 0.05) is 14.2 Å². The topological polar surface area (TPSA) is 20.2 Å². The van der Waals surface area contributed by atoms with Gasteiger partial charge in [-0.25, -0.2) is 0 Å². The fourth-order valence-electron chi connectivity index (χ4n) is 1.60. The van der Waals surface area contributed by atoms with Gasteiger partial charge in [0.25, 0.3) is 0 Å². The van der Waals surface area contributed by atoms with E-state index in [1.165, 1.54) is 4.88 Å². The zero-order valence-corrected chi connectivity index (χ0v) is 11.9. The zero-order chi connectivity index (χ0) is 11.4. The molecule has 0 spiro atoms. The molecule has 0 bridgehead atoms. The molecular formula is C12H13BrOS2. The SMILES string of the molecule is OC(CCCc1cccs1)c1sccc1Br. The highest BCUT2D eigenvalue weighted by atomic mass is 79.9. The van der Waals surface area contributed by atoms with Crippen molar-refractivity contribution in [2.75, 3.05) is 0 Å². The number of thiophene rings is 2. The molecule has 1 atom stereocenters. The van der Waals surface area contributed by atoms with Gasteiger partial charge in [-0.05, 0) is 58.1 Å². The van der Waals surface area contributed by atoms with E-state index in [9.17, 15) is 5.11 Å². The molecule has 0 saturated heterocycles. The average Bonchev–Trinajstić information content (AvgIpc) is 2.88. The van der Waals surface area contributed by atoms with Gasteiger partial charge < -0.3 is 5.11 Å². The van der Waals surface area contributed by atoms with Crippen LogP contribution in [0.2, 0.25) is 0 Å². The second-order valence-electron chi connectivity index (χ2n) is 3.62. The summed E-state index contributed by atoms with van der Waals surface area (Å²) in [6, 6.07) is 6.22. The fraction of sp³-hybridized carbons (Fsp3) is 0.333. The van der Waals surface area contributed by atoms with E-state index in [1.54, 1.807) is 22.7 Å². The molecule has 16 heavy (non-hydrogen) atoms. The lowest BCUT2D eigenvalue weighted by molar-refractivity contribution is 0.168. The van der Waals surface area contributed by atoms with E-state index >= 15 is 0 Å². The summed E-state index contributed by atoms with van der Waals surface area (Å²) in [6.45, 7) is 0. The summed E-state index contributed by atoms with van der Waals surface area (Å²) >= 11 is 6.85. The number of rotatable bonds is 5. The summed E-state index contributed by atoms with van der Waals surface area (Å²) < 4.78 is 1.03. The Morgan fingerprint density at radius 2 is 2.12 bits per heavy atom. The highest BCUT2D eigenvalue weighted by Gasteiger charge is 2.12. The molecule has 1 unspecified atom stereocenters. The van der Waals surface area contributed by atoms with Crippen LogP contribution in [0.15, 0.2) is 33.4 Å². The minimum Gasteiger partial charge on any atom is -0.388 e. The third-order valence-electron chi connectivity index (χ3n) is 2.43. The van der Waals surface area contributed by atoms with Gasteiger partial charge in [0.2, 0.25) is 0 Å². The van der Waals surface area contributed by atoms with E-state index in [4.69, 9.17) is 0 Å². The monoisotopic (exact) mass is 316 g/mol. The lowest BCUT2D eigenvalue weighted by Gasteiger charge is -2.08. The first-order valence-corrected chi connectivity index (χ1v) is 7.76. The molecule has 86 valence electrons. The van der Waals surface area contributed by atoms with Gasteiger partial charge in [-0.2, -0.15) is 0 Å². The summed E-state index contributed by atoms with van der Waals surface area (Å²) in [5, 5.41) is 14.1. The number of aliphatic hydroxyl groups excluding tert-OH is 1. The first-order valence-electron chi connectivity index (χ1n) is 5.20. The standard InChI is InChI=1S/C12H13BrOS2/c13-10-6-8-16-12(10)11(14)5-1-3-9-4-2-7-15-9/h2,4,6-8,11,14H,1,3,5H2. The highest BCUT2D eigenvalue weighted by Crippen LogP contribution is 2.31. The Balaban J connectivity index is 1.80. The maximum atomic E-state index is 10.0. The molecule has 1 nitrogen and oxygen atoms in total. The second kappa shape index (κ2) is 5.96. The second-order valence-corrected chi connectivity index (χ2v) is 6.45. The predicted molar refractivity (Wildman–Crippen MR) is 74.2 cm³/mol. The molecule has 0 amide bonds. The van der Waals surface area contributed by atoms with Crippen molar-refractivity contribution < 1.29 is 5.11 Å². The number of hydrogen-bond acceptors (Lipinski definition) is 3. The van der Waals surface area contributed by atoms with Gasteiger partial charge in [-0.15, -0.1) is 22.7 Å². The van der Waals surface area contributed by atoms with Crippen molar-refractivity contribution in [3.8, 4) is 0 Å². The lowest BCUT2D eigenvalue weighted by Crippen LogP contribution is -1.96. The van der Waals surface area contributed by atoms with E-state index < -0.39 is 0 Å². The fourth-order valence-corrected chi connectivity index (χ4v) is 4.01. The smallest absolute Gasteiger partial charge is 0.0893 e. The van der Waals surface area contributed by atoms with E-state index in [-0.39, 0.29) is 6.10 Å². The van der Waals surface area contributed by atoms with Crippen LogP contribution in [-0.4, -0.2) is 5.11 Å². The van der Waals surface area contributed by atoms with Gasteiger partial charge in [0.05, 0.1) is 6.10 Å². The lowest BCUT2D eigenvalue weighted by atomic mass is 10.1. The maximum absolute atomic E-state index is 10.0. The van der Waals surface area contributed by atoms with Crippen LogP contribution in [0.25, 0.3) is 0 Å². The Morgan fingerprint density at radius 1 is 1.25 bits per heavy atom. The minimum absolute atomic E-state index is 0.325. The molecule has 0 saturated carbocycles. The van der Waals surface area contributed by atoms with Crippen molar-refractivity contribution in [1.29, 1.82) is 0 Å². The van der Waals surface area contributed by atoms with Crippen molar-refractivity contribution in [2.45, 2.75) is 25.4 Å². The third kappa shape index (κ3) is 3.17. The average molecular weight is 317 g/mol. The van der Waals surface area contributed by atoms with Crippen LogP contribution in [0.1, 0.15) is 28.7 Å². The zero-order valence-electron chi connectivity index (χ0n) is 8.73. The summed E-state index contributed by atoms with van der Waals surface area (Å²) in [5.41, 5.74) is 0. The molecule has 2 rings (SSSR count). The van der Waals surface area contributed by atoms with Gasteiger partial charge in [-0.3, -0.25) is 0 Å². The van der Waals surface area contributed by atoms with E-state index in [0.29, 0.717) is 0 Å². The molecular weight excluding hydrogens is 304 g/mol. The van der Waals surface area contributed by atoms with Crippen molar-refractivity contribution >= 4 is 38.6 Å². The predicted octanol–water partition coefficient (Wildman–Crippen LogP) is 4.63. The number of halogens is 1. The van der Waals surface area contributed by atoms with E-state index in [1.807, 2.05) is 11.4 Å². The van der Waals surface area contributed by atoms with Crippen LogP contribution in [0.3, 0.4) is 0 Å². The first-order chi connectivity index (χ1) is 7.77. The molecule has 0 aliphatic carbocycles. The summed E-state index contributed by atoms with van der Waals surface area (Å²) in [4.78, 5) is 2.45. The Bertz CT molecular complexity index is 422. The van der Waals surface area contributed by atoms with Crippen LogP contribution < -0.4 is 0 Å². The van der Waals surface area contributed by atoms with Crippen LogP contribution in [-0.2, 0) is 6.42 Å². The quantitative estimate of drug-likeness (QED) is 0.852. The molecule has 1 N–H and O–H groups in total. The van der Waals surface area contributed by atoms with Crippen LogP contribution in [0, 0.1) is 0 Å². The van der Waals surface area contributed by atoms with Crippen LogP contribution in [0.5, 0.6) is 0 Å². The maximum Gasteiger partial charge on any atom is 0.0893 e. The van der Waals surface area contributed by atoms with Gasteiger partial charge >= 0.3 is 0 Å². The number of hydrogen-bond donors (Lipinski definition) is 1. The minimum atomic E-state index is -0.325. The van der Waals surface area contributed by atoms with Gasteiger partial charge in [0.1, 0.15) is 0 Å². The van der Waals surface area contributed by atoms with Crippen molar-refractivity contribution in [3.05, 3.63) is 43.2 Å². The summed E-state index contributed by atoms with van der Waals surface area (Å²) in [6.07, 6.45) is 2.61. The Morgan fingerprint density at radius 3 is 2.75 bits per heavy atom. The molecule has 2 heterocycles. The summed E-state index contributed by atoms with van der Waals surface area (Å²) in [5.74, 6) is 0. The first kappa shape index (κ1) is 12.3. The van der Waals surface area contributed by atoms with Gasteiger partial charge in [-0.1, -0.05) is 6.07 Å². The third-order valence-corrected chi connectivity index (χ3v) is 5.34.